The standard InChI is InChI=1S/C24H28O4/c1-5-24-13-12-19-18-8-10-22(27-15(3)25)14(2)17(18)6-7-20(19)21(24)9-11-23(24)28-16(4)26/h6-8,10,21,23H,5,9,11-13H2,1-4H3. The summed E-state index contributed by atoms with van der Waals surface area (Å²) < 4.78 is 11.1. The topological polar surface area (TPSA) is 52.6 Å². The molecule has 3 atom stereocenters. The number of esters is 2. The first kappa shape index (κ1) is 19.0. The van der Waals surface area contributed by atoms with Crippen LogP contribution in [0.5, 0.6) is 5.75 Å². The van der Waals surface area contributed by atoms with Gasteiger partial charge >= 0.3 is 11.9 Å². The van der Waals surface area contributed by atoms with Crippen molar-refractivity contribution in [1.29, 1.82) is 0 Å². The van der Waals surface area contributed by atoms with E-state index < -0.39 is 0 Å². The molecule has 0 aromatic heterocycles. The van der Waals surface area contributed by atoms with E-state index in [1.807, 2.05) is 13.0 Å². The first-order valence-electron chi connectivity index (χ1n) is 10.3. The van der Waals surface area contributed by atoms with Gasteiger partial charge in [0.2, 0.25) is 0 Å². The Hall–Kier alpha value is -2.36. The lowest BCUT2D eigenvalue weighted by Crippen LogP contribution is -2.40. The molecule has 0 bridgehead atoms. The first-order chi connectivity index (χ1) is 13.4. The van der Waals surface area contributed by atoms with Crippen LogP contribution in [0.4, 0.5) is 0 Å². The van der Waals surface area contributed by atoms with Gasteiger partial charge in [-0.3, -0.25) is 9.59 Å². The Kier molecular flexibility index (Phi) is 4.68. The predicted molar refractivity (Wildman–Crippen MR) is 109 cm³/mol. The maximum absolute atomic E-state index is 11.6. The number of fused-ring (bicyclic) bond motifs is 5. The summed E-state index contributed by atoms with van der Waals surface area (Å²) in [6, 6.07) is 8.43. The van der Waals surface area contributed by atoms with E-state index >= 15 is 0 Å². The van der Waals surface area contributed by atoms with Crippen molar-refractivity contribution in [2.24, 2.45) is 5.41 Å². The molecular weight excluding hydrogens is 352 g/mol. The van der Waals surface area contributed by atoms with Gasteiger partial charge in [-0.2, -0.15) is 0 Å². The highest BCUT2D eigenvalue weighted by Crippen LogP contribution is 2.59. The van der Waals surface area contributed by atoms with Crippen molar-refractivity contribution >= 4 is 22.7 Å². The second-order valence-electron chi connectivity index (χ2n) is 8.33. The maximum Gasteiger partial charge on any atom is 0.308 e. The molecule has 28 heavy (non-hydrogen) atoms. The lowest BCUT2D eigenvalue weighted by molar-refractivity contribution is -0.153. The highest BCUT2D eigenvalue weighted by Gasteiger charge is 2.53. The van der Waals surface area contributed by atoms with E-state index in [0.717, 1.165) is 43.1 Å². The van der Waals surface area contributed by atoms with Crippen molar-refractivity contribution in [3.63, 3.8) is 0 Å². The molecule has 1 saturated carbocycles. The van der Waals surface area contributed by atoms with Crippen LogP contribution in [0.3, 0.4) is 0 Å². The third kappa shape index (κ3) is 2.81. The molecule has 2 aliphatic rings. The van der Waals surface area contributed by atoms with Gasteiger partial charge in [0.15, 0.2) is 0 Å². The van der Waals surface area contributed by atoms with Gasteiger partial charge in [-0.25, -0.2) is 0 Å². The summed E-state index contributed by atoms with van der Waals surface area (Å²) in [4.78, 5) is 23.0. The van der Waals surface area contributed by atoms with Gasteiger partial charge in [0.1, 0.15) is 11.9 Å². The van der Waals surface area contributed by atoms with Crippen molar-refractivity contribution in [3.05, 3.63) is 41.0 Å². The second kappa shape index (κ2) is 6.91. The van der Waals surface area contributed by atoms with Gasteiger partial charge in [-0.15, -0.1) is 0 Å². The van der Waals surface area contributed by atoms with E-state index in [4.69, 9.17) is 9.47 Å². The Labute approximate surface area is 166 Å². The van der Waals surface area contributed by atoms with Gasteiger partial charge in [0, 0.05) is 19.3 Å². The zero-order chi connectivity index (χ0) is 20.1. The summed E-state index contributed by atoms with van der Waals surface area (Å²) in [5.41, 5.74) is 3.88. The van der Waals surface area contributed by atoms with Crippen LogP contribution in [0.1, 0.15) is 69.1 Å². The Morgan fingerprint density at radius 2 is 1.82 bits per heavy atom. The van der Waals surface area contributed by atoms with Crippen LogP contribution < -0.4 is 4.74 Å². The average molecular weight is 380 g/mol. The fraction of sp³-hybridized carbons (Fsp3) is 0.500. The molecule has 4 nitrogen and oxygen atoms in total. The Balaban J connectivity index is 1.79. The Bertz CT molecular complexity index is 961. The largest absolute Gasteiger partial charge is 0.462 e. The van der Waals surface area contributed by atoms with Crippen LogP contribution in [0.25, 0.3) is 10.8 Å². The molecular formula is C24H28O4. The molecule has 0 saturated heterocycles. The number of rotatable bonds is 3. The molecule has 3 unspecified atom stereocenters. The molecule has 0 aliphatic heterocycles. The van der Waals surface area contributed by atoms with Crippen molar-refractivity contribution in [1.82, 2.24) is 0 Å². The van der Waals surface area contributed by atoms with Crippen molar-refractivity contribution in [2.75, 3.05) is 0 Å². The molecule has 148 valence electrons. The highest BCUT2D eigenvalue weighted by molar-refractivity contribution is 5.92. The van der Waals surface area contributed by atoms with Crippen molar-refractivity contribution in [2.45, 2.75) is 71.8 Å². The van der Waals surface area contributed by atoms with E-state index in [1.54, 1.807) is 0 Å². The molecule has 0 spiro atoms. The lowest BCUT2D eigenvalue weighted by atomic mass is 9.63. The summed E-state index contributed by atoms with van der Waals surface area (Å²) in [6.07, 6.45) is 5.09. The van der Waals surface area contributed by atoms with E-state index in [-0.39, 0.29) is 23.5 Å². The van der Waals surface area contributed by atoms with Crippen molar-refractivity contribution in [3.8, 4) is 5.75 Å². The van der Waals surface area contributed by atoms with Gasteiger partial charge in [0.25, 0.3) is 0 Å². The Morgan fingerprint density at radius 1 is 1.07 bits per heavy atom. The number of hydrogen-bond acceptors (Lipinski definition) is 4. The predicted octanol–water partition coefficient (Wildman–Crippen LogP) is 5.23. The van der Waals surface area contributed by atoms with Gasteiger partial charge < -0.3 is 9.47 Å². The van der Waals surface area contributed by atoms with Crippen LogP contribution in [0.2, 0.25) is 0 Å². The Morgan fingerprint density at radius 3 is 2.50 bits per heavy atom. The molecule has 2 aromatic rings. The monoisotopic (exact) mass is 380 g/mol. The average Bonchev–Trinajstić information content (AvgIpc) is 3.01. The highest BCUT2D eigenvalue weighted by atomic mass is 16.5. The number of aryl methyl sites for hydroxylation is 2. The minimum Gasteiger partial charge on any atom is -0.462 e. The molecule has 4 heteroatoms. The second-order valence-corrected chi connectivity index (χ2v) is 8.33. The van der Waals surface area contributed by atoms with Crippen LogP contribution in [-0.2, 0) is 20.7 Å². The van der Waals surface area contributed by atoms with Crippen LogP contribution in [0, 0.1) is 12.3 Å². The minimum atomic E-state index is -0.296. The molecule has 1 fully saturated rings. The van der Waals surface area contributed by atoms with Gasteiger partial charge in [0.05, 0.1) is 0 Å². The molecule has 0 heterocycles. The van der Waals surface area contributed by atoms with E-state index in [9.17, 15) is 9.59 Å². The number of ether oxygens (including phenoxy) is 2. The van der Waals surface area contributed by atoms with Gasteiger partial charge in [-0.1, -0.05) is 25.1 Å². The zero-order valence-electron chi connectivity index (χ0n) is 17.1. The number of carbonyl (C=O) groups excluding carboxylic acids is 2. The number of benzene rings is 2. The fourth-order valence-electron chi connectivity index (χ4n) is 5.79. The fourth-order valence-corrected chi connectivity index (χ4v) is 5.79. The third-order valence-electron chi connectivity index (χ3n) is 7.06. The molecule has 2 aromatic carbocycles. The van der Waals surface area contributed by atoms with Gasteiger partial charge in [-0.05, 0) is 78.5 Å². The maximum atomic E-state index is 11.6. The minimum absolute atomic E-state index is 0.0249. The van der Waals surface area contributed by atoms with E-state index in [1.165, 1.54) is 30.4 Å². The normalized spacial score (nSPS) is 25.9. The first-order valence-corrected chi connectivity index (χ1v) is 10.3. The molecule has 0 amide bonds. The molecule has 0 radical (unpaired) electrons. The van der Waals surface area contributed by atoms with Crippen molar-refractivity contribution < 1.29 is 19.1 Å². The summed E-state index contributed by atoms with van der Waals surface area (Å²) in [5, 5.41) is 2.41. The lowest BCUT2D eigenvalue weighted by Gasteiger charge is -2.43. The molecule has 4 rings (SSSR count). The SMILES string of the molecule is CCC12CCc3c(ccc4c(C)c(OC(C)=O)ccc34)C1CCC2OC(C)=O. The third-order valence-corrected chi connectivity index (χ3v) is 7.06. The number of carbonyl (C=O) groups is 2. The smallest absolute Gasteiger partial charge is 0.308 e. The summed E-state index contributed by atoms with van der Waals surface area (Å²) in [6.45, 7) is 7.19. The van der Waals surface area contributed by atoms with Crippen LogP contribution in [0.15, 0.2) is 24.3 Å². The molecule has 2 aliphatic carbocycles. The van der Waals surface area contributed by atoms with Crippen LogP contribution in [-0.4, -0.2) is 18.0 Å². The summed E-state index contributed by atoms with van der Waals surface area (Å²) >= 11 is 0. The van der Waals surface area contributed by atoms with E-state index in [0.29, 0.717) is 11.7 Å². The zero-order valence-corrected chi connectivity index (χ0v) is 17.1. The molecule has 0 N–H and O–H groups in total. The summed E-state index contributed by atoms with van der Waals surface area (Å²) in [5.74, 6) is 0.602. The van der Waals surface area contributed by atoms with Crippen LogP contribution >= 0.6 is 0 Å². The quantitative estimate of drug-likeness (QED) is 0.541. The van der Waals surface area contributed by atoms with E-state index in [2.05, 4.69) is 25.1 Å². The number of hydrogen-bond donors (Lipinski definition) is 0. The summed E-state index contributed by atoms with van der Waals surface area (Å²) in [7, 11) is 0.